The summed E-state index contributed by atoms with van der Waals surface area (Å²) in [5, 5.41) is 8.78. The van der Waals surface area contributed by atoms with E-state index in [4.69, 9.17) is 5.11 Å². The molecule has 1 N–H and O–H groups in total. The van der Waals surface area contributed by atoms with E-state index < -0.39 is 19.2 Å². The average molecular weight is 342 g/mol. The maximum Gasteiger partial charge on any atom is 0.311 e. The van der Waals surface area contributed by atoms with Crippen molar-refractivity contribution >= 4 is 13.6 Å². The van der Waals surface area contributed by atoms with E-state index in [-0.39, 0.29) is 6.42 Å². The van der Waals surface area contributed by atoms with E-state index in [2.05, 4.69) is 32.9 Å². The minimum absolute atomic E-state index is 0.269. The lowest BCUT2D eigenvalue weighted by Crippen LogP contribution is -2.32. The van der Waals surface area contributed by atoms with Crippen molar-refractivity contribution in [3.63, 3.8) is 0 Å². The molecule has 1 atom stereocenters. The highest BCUT2D eigenvalue weighted by molar-refractivity contribution is 7.50. The molecule has 0 saturated heterocycles. The first kappa shape index (κ1) is 21.8. The fourth-order valence-electron chi connectivity index (χ4n) is 2.02. The smallest absolute Gasteiger partial charge is 0.311 e. The van der Waals surface area contributed by atoms with Gasteiger partial charge >= 0.3 is 5.97 Å². The van der Waals surface area contributed by atoms with Crippen LogP contribution in [-0.2, 0) is 9.36 Å². The van der Waals surface area contributed by atoms with Crippen LogP contribution in [0.25, 0.3) is 0 Å². The molecule has 0 aromatic rings. The molecule has 0 aromatic heterocycles. The minimum Gasteiger partial charge on any atom is -0.810 e. The molecule has 0 aromatic carbocycles. The summed E-state index contributed by atoms with van der Waals surface area (Å²) in [5.41, 5.74) is 1.61. The third kappa shape index (κ3) is 11.1. The Bertz CT molecular complexity index is 521. The molecule has 0 rings (SSSR count). The number of aliphatic carboxylic acids is 1. The molecule has 0 saturated carbocycles. The molecule has 132 valence electrons. The summed E-state index contributed by atoms with van der Waals surface area (Å²) in [5.74, 6) is -1.59. The molecule has 0 radical (unpaired) electrons. The average Bonchev–Trinajstić information content (AvgIpc) is 2.36. The Morgan fingerprint density at radius 3 is 1.91 bits per heavy atom. The molecule has 6 heteroatoms. The number of carboxylic acids is 1. The Kier molecular flexibility index (Phi) is 10.1. The van der Waals surface area contributed by atoms with E-state index in [0.29, 0.717) is 6.42 Å². The van der Waals surface area contributed by atoms with Gasteiger partial charge in [0.15, 0.2) is 0 Å². The van der Waals surface area contributed by atoms with Crippen LogP contribution >= 0.6 is 7.60 Å². The summed E-state index contributed by atoms with van der Waals surface area (Å²) in [7, 11) is -5.11. The molecule has 5 nitrogen and oxygen atoms in total. The van der Waals surface area contributed by atoms with Gasteiger partial charge < -0.3 is 19.5 Å². The van der Waals surface area contributed by atoms with Crippen molar-refractivity contribution < 1.29 is 24.3 Å². The van der Waals surface area contributed by atoms with Crippen molar-refractivity contribution in [3.05, 3.63) is 34.9 Å². The number of rotatable bonds is 10. The highest BCUT2D eigenvalue weighted by atomic mass is 31.2. The van der Waals surface area contributed by atoms with Crippen molar-refractivity contribution in [1.29, 1.82) is 0 Å². The van der Waals surface area contributed by atoms with Gasteiger partial charge in [0, 0.05) is 0 Å². The Morgan fingerprint density at radius 2 is 1.48 bits per heavy atom. The summed E-state index contributed by atoms with van der Waals surface area (Å²) in [6, 6.07) is 0. The molecule has 23 heavy (non-hydrogen) atoms. The van der Waals surface area contributed by atoms with Crippen LogP contribution < -0.4 is 9.79 Å². The monoisotopic (exact) mass is 342 g/mol. The minimum atomic E-state index is -5.11. The normalized spacial score (nSPS) is 14.5. The standard InChI is InChI=1S/C17H29O5P/c1-13(2)7-5-8-14(3)9-6-10-15(4)11-12-16(17(18)19)23(20,21)22/h7,9,11,16H,5-6,8,10,12H2,1-4H3,(H,18,19)(H2,20,21,22)/p-2/b14-9+,15-11+. The van der Waals surface area contributed by atoms with Gasteiger partial charge in [-0.2, -0.15) is 0 Å². The highest BCUT2D eigenvalue weighted by Crippen LogP contribution is 2.34. The van der Waals surface area contributed by atoms with Crippen LogP contribution in [0.2, 0.25) is 0 Å². The van der Waals surface area contributed by atoms with Crippen LogP contribution in [0.1, 0.15) is 59.8 Å². The van der Waals surface area contributed by atoms with Crippen LogP contribution in [0.15, 0.2) is 34.9 Å². The van der Waals surface area contributed by atoms with Crippen LogP contribution in [0.4, 0.5) is 0 Å². The SMILES string of the molecule is CC(C)=CCC/C(C)=C/CC/C(C)=C/CC(C(=O)O)P(=O)([O-])[O-]. The predicted molar refractivity (Wildman–Crippen MR) is 89.1 cm³/mol. The molecule has 0 bridgehead atoms. The van der Waals surface area contributed by atoms with Gasteiger partial charge in [0.05, 0.1) is 5.66 Å². The number of carboxylic acid groups (broad SMARTS) is 1. The van der Waals surface area contributed by atoms with Gasteiger partial charge in [-0.15, -0.1) is 0 Å². The number of hydrogen-bond acceptors (Lipinski definition) is 4. The van der Waals surface area contributed by atoms with Gasteiger partial charge in [0.25, 0.3) is 0 Å². The molecule has 0 amide bonds. The quantitative estimate of drug-likeness (QED) is 0.485. The topological polar surface area (TPSA) is 100 Å². The van der Waals surface area contributed by atoms with Crippen LogP contribution in [0.5, 0.6) is 0 Å². The molecule has 0 aliphatic rings. The lowest BCUT2D eigenvalue weighted by atomic mass is 10.1. The molecular weight excluding hydrogens is 315 g/mol. The van der Waals surface area contributed by atoms with E-state index in [1.54, 1.807) is 0 Å². The molecule has 0 spiro atoms. The van der Waals surface area contributed by atoms with Gasteiger partial charge in [-0.25, -0.2) is 0 Å². The fraction of sp³-hybridized carbons (Fsp3) is 0.588. The van der Waals surface area contributed by atoms with Crippen molar-refractivity contribution in [2.75, 3.05) is 0 Å². The number of allylic oxidation sites excluding steroid dienone is 6. The summed E-state index contributed by atoms with van der Waals surface area (Å²) < 4.78 is 10.9. The number of carbonyl (C=O) groups is 1. The maximum absolute atomic E-state index is 10.9. The van der Waals surface area contributed by atoms with Crippen molar-refractivity contribution in [1.82, 2.24) is 0 Å². The summed E-state index contributed by atoms with van der Waals surface area (Å²) in [6.07, 6.45) is 9.14. The van der Waals surface area contributed by atoms with Crippen LogP contribution in [0.3, 0.4) is 0 Å². The summed E-state index contributed by atoms with van der Waals surface area (Å²) in [4.78, 5) is 32.6. The lowest BCUT2D eigenvalue weighted by Gasteiger charge is -2.35. The maximum atomic E-state index is 10.9. The van der Waals surface area contributed by atoms with Gasteiger partial charge in [-0.3, -0.25) is 4.79 Å². The number of hydrogen-bond donors (Lipinski definition) is 1. The van der Waals surface area contributed by atoms with Crippen molar-refractivity contribution in [3.8, 4) is 0 Å². The van der Waals surface area contributed by atoms with E-state index in [0.717, 1.165) is 24.8 Å². The van der Waals surface area contributed by atoms with E-state index in [1.807, 2.05) is 6.92 Å². The molecular formula is C17H27O5P-2. The van der Waals surface area contributed by atoms with Gasteiger partial charge in [0.2, 0.25) is 0 Å². The third-order valence-electron chi connectivity index (χ3n) is 3.48. The summed E-state index contributed by atoms with van der Waals surface area (Å²) >= 11 is 0. The Hall–Kier alpha value is -1.16. The predicted octanol–water partition coefficient (Wildman–Crippen LogP) is 3.16. The summed E-state index contributed by atoms with van der Waals surface area (Å²) in [6.45, 7) is 8.02. The largest absolute Gasteiger partial charge is 0.810 e. The molecule has 0 aliphatic carbocycles. The second-order valence-corrected chi connectivity index (χ2v) is 7.79. The van der Waals surface area contributed by atoms with E-state index in [9.17, 15) is 19.1 Å². The van der Waals surface area contributed by atoms with Gasteiger partial charge in [-0.1, -0.05) is 42.5 Å². The van der Waals surface area contributed by atoms with Crippen LogP contribution in [0, 0.1) is 0 Å². The Labute approximate surface area is 139 Å². The van der Waals surface area contributed by atoms with E-state index >= 15 is 0 Å². The molecule has 0 heterocycles. The van der Waals surface area contributed by atoms with Crippen molar-refractivity contribution in [2.45, 2.75) is 65.5 Å². The lowest BCUT2D eigenvalue weighted by molar-refractivity contribution is -0.315. The Morgan fingerprint density at radius 1 is 1.00 bits per heavy atom. The van der Waals surface area contributed by atoms with E-state index in [1.165, 1.54) is 17.2 Å². The zero-order chi connectivity index (χ0) is 18.0. The van der Waals surface area contributed by atoms with Gasteiger partial charge in [0.1, 0.15) is 0 Å². The Balaban J connectivity index is 4.38. The fourth-order valence-corrected chi connectivity index (χ4v) is 2.65. The zero-order valence-electron chi connectivity index (χ0n) is 14.4. The highest BCUT2D eigenvalue weighted by Gasteiger charge is 2.19. The second kappa shape index (κ2) is 10.6. The van der Waals surface area contributed by atoms with Gasteiger partial charge in [-0.05, 0) is 59.8 Å². The van der Waals surface area contributed by atoms with Crippen molar-refractivity contribution in [2.24, 2.45) is 0 Å². The molecule has 0 aliphatic heterocycles. The third-order valence-corrected chi connectivity index (χ3v) is 4.67. The first-order valence-corrected chi connectivity index (χ1v) is 9.34. The molecule has 0 fully saturated rings. The first-order valence-electron chi connectivity index (χ1n) is 7.73. The molecule has 1 unspecified atom stereocenters. The van der Waals surface area contributed by atoms with Crippen LogP contribution in [-0.4, -0.2) is 16.7 Å². The first-order chi connectivity index (χ1) is 10.5. The second-order valence-electron chi connectivity index (χ2n) is 6.09. The zero-order valence-corrected chi connectivity index (χ0v) is 15.3.